The van der Waals surface area contributed by atoms with Gasteiger partial charge in [-0.05, 0) is 25.1 Å². The second kappa shape index (κ2) is 5.92. The molecular formula is C12H9Br2NO5. The second-order valence-corrected chi connectivity index (χ2v) is 5.65. The van der Waals surface area contributed by atoms with Crippen molar-refractivity contribution in [2.75, 3.05) is 11.5 Å². The molecule has 0 spiro atoms. The number of esters is 1. The second-order valence-electron chi connectivity index (χ2n) is 3.82. The van der Waals surface area contributed by atoms with Gasteiger partial charge < -0.3 is 9.47 Å². The lowest BCUT2D eigenvalue weighted by Gasteiger charge is -2.12. The van der Waals surface area contributed by atoms with Gasteiger partial charge in [0.25, 0.3) is 12.0 Å². The van der Waals surface area contributed by atoms with E-state index in [1.807, 2.05) is 0 Å². The van der Waals surface area contributed by atoms with Gasteiger partial charge in [0.05, 0.1) is 12.3 Å². The summed E-state index contributed by atoms with van der Waals surface area (Å²) >= 11 is 6.51. The van der Waals surface area contributed by atoms with Crippen LogP contribution < -0.4 is 4.90 Å². The van der Waals surface area contributed by atoms with E-state index in [1.165, 1.54) is 0 Å². The van der Waals surface area contributed by atoms with Crippen LogP contribution in [0.4, 0.5) is 10.5 Å². The van der Waals surface area contributed by atoms with E-state index in [0.29, 0.717) is 14.6 Å². The Morgan fingerprint density at radius 2 is 1.90 bits per heavy atom. The van der Waals surface area contributed by atoms with Crippen LogP contribution in [0.25, 0.3) is 0 Å². The van der Waals surface area contributed by atoms with Crippen LogP contribution in [0.3, 0.4) is 0 Å². The highest BCUT2D eigenvalue weighted by atomic mass is 79.9. The monoisotopic (exact) mass is 405 g/mol. The van der Waals surface area contributed by atoms with E-state index in [2.05, 4.69) is 31.9 Å². The minimum absolute atomic E-state index is 0.0998. The van der Waals surface area contributed by atoms with Gasteiger partial charge in [-0.1, -0.05) is 31.9 Å². The zero-order valence-electron chi connectivity index (χ0n) is 10.3. The average molecular weight is 407 g/mol. The molecule has 0 N–H and O–H groups in total. The summed E-state index contributed by atoms with van der Waals surface area (Å²) in [7, 11) is 0. The Hall–Kier alpha value is -1.41. The number of benzene rings is 1. The molecule has 1 heterocycles. The predicted molar refractivity (Wildman–Crippen MR) is 76.2 cm³/mol. The van der Waals surface area contributed by atoms with Crippen molar-refractivity contribution in [3.8, 4) is 0 Å². The number of hydrogen-bond donors (Lipinski definition) is 0. The van der Waals surface area contributed by atoms with Gasteiger partial charge in [-0.3, -0.25) is 4.79 Å². The molecule has 8 heteroatoms. The quantitative estimate of drug-likeness (QED) is 0.569. The predicted octanol–water partition coefficient (Wildman–Crippen LogP) is 2.63. The molecule has 1 aromatic rings. The molecule has 6 nitrogen and oxygen atoms in total. The largest absolute Gasteiger partial charge is 0.463 e. The highest BCUT2D eigenvalue weighted by molar-refractivity contribution is 9.11. The molecule has 2 amide bonds. The SMILES string of the molecule is CCOC(=O)C1OC(=O)N(c2cc(Br)cc(Br)c2)C1=O. The lowest BCUT2D eigenvalue weighted by Crippen LogP contribution is -2.35. The zero-order valence-corrected chi connectivity index (χ0v) is 13.4. The van der Waals surface area contributed by atoms with Crippen LogP contribution in [0.1, 0.15) is 6.92 Å². The Kier molecular flexibility index (Phi) is 4.44. The number of carbonyl (C=O) groups excluding carboxylic acids is 3. The molecule has 1 aliphatic heterocycles. The van der Waals surface area contributed by atoms with Crippen LogP contribution in [0, 0.1) is 0 Å². The lowest BCUT2D eigenvalue weighted by molar-refractivity contribution is -0.154. The van der Waals surface area contributed by atoms with Gasteiger partial charge in [0.15, 0.2) is 0 Å². The first-order valence-corrected chi connectivity index (χ1v) is 7.20. The maximum absolute atomic E-state index is 12.1. The van der Waals surface area contributed by atoms with Crippen molar-refractivity contribution in [3.63, 3.8) is 0 Å². The number of hydrogen-bond acceptors (Lipinski definition) is 5. The van der Waals surface area contributed by atoms with Crippen LogP contribution in [-0.4, -0.2) is 30.7 Å². The van der Waals surface area contributed by atoms with Gasteiger partial charge in [0.2, 0.25) is 0 Å². The molecule has 1 fully saturated rings. The minimum atomic E-state index is -1.54. The summed E-state index contributed by atoms with van der Waals surface area (Å²) in [5.74, 6) is -1.64. The van der Waals surface area contributed by atoms with Crippen molar-refractivity contribution >= 4 is 55.5 Å². The normalized spacial score (nSPS) is 18.1. The molecule has 106 valence electrons. The molecule has 1 unspecified atom stereocenters. The summed E-state index contributed by atoms with van der Waals surface area (Å²) in [5.41, 5.74) is 0.299. The average Bonchev–Trinajstić information content (AvgIpc) is 2.64. The third-order valence-electron chi connectivity index (χ3n) is 2.45. The fourth-order valence-corrected chi connectivity index (χ4v) is 2.95. The van der Waals surface area contributed by atoms with Crippen LogP contribution in [0.5, 0.6) is 0 Å². The molecule has 1 aromatic carbocycles. The lowest BCUT2D eigenvalue weighted by atomic mass is 10.2. The van der Waals surface area contributed by atoms with Crippen molar-refractivity contribution < 1.29 is 23.9 Å². The number of rotatable bonds is 3. The number of nitrogens with zero attached hydrogens (tertiary/aromatic N) is 1. The van der Waals surface area contributed by atoms with Crippen LogP contribution in [0.2, 0.25) is 0 Å². The number of imide groups is 1. The van der Waals surface area contributed by atoms with E-state index in [-0.39, 0.29) is 6.61 Å². The Morgan fingerprint density at radius 3 is 2.45 bits per heavy atom. The summed E-state index contributed by atoms with van der Waals surface area (Å²) in [6.07, 6.45) is -2.45. The minimum Gasteiger partial charge on any atom is -0.463 e. The number of anilines is 1. The fraction of sp³-hybridized carbons (Fsp3) is 0.250. The van der Waals surface area contributed by atoms with E-state index in [0.717, 1.165) is 4.90 Å². The first-order chi connectivity index (χ1) is 9.43. The van der Waals surface area contributed by atoms with Gasteiger partial charge >= 0.3 is 12.1 Å². The molecule has 0 saturated carbocycles. The molecule has 1 aliphatic rings. The Bertz CT molecular complexity index is 569. The molecule has 0 aliphatic carbocycles. The van der Waals surface area contributed by atoms with E-state index in [9.17, 15) is 14.4 Å². The first-order valence-electron chi connectivity index (χ1n) is 5.61. The van der Waals surface area contributed by atoms with E-state index in [1.54, 1.807) is 25.1 Å². The number of carbonyl (C=O) groups is 3. The maximum Gasteiger partial charge on any atom is 0.422 e. The third kappa shape index (κ3) is 2.85. The zero-order chi connectivity index (χ0) is 14.9. The Labute approximate surface area is 131 Å². The molecule has 20 heavy (non-hydrogen) atoms. The summed E-state index contributed by atoms with van der Waals surface area (Å²) in [5, 5.41) is 0. The van der Waals surface area contributed by atoms with Crippen LogP contribution in [-0.2, 0) is 19.1 Å². The molecule has 0 bridgehead atoms. The van der Waals surface area contributed by atoms with Gasteiger partial charge in [-0.2, -0.15) is 0 Å². The summed E-state index contributed by atoms with van der Waals surface area (Å²) in [6, 6.07) is 4.88. The molecule has 1 atom stereocenters. The number of halogens is 2. The van der Waals surface area contributed by atoms with Crippen molar-refractivity contribution in [1.82, 2.24) is 0 Å². The van der Waals surface area contributed by atoms with Crippen molar-refractivity contribution in [3.05, 3.63) is 27.1 Å². The number of amides is 2. The van der Waals surface area contributed by atoms with Gasteiger partial charge in [0, 0.05) is 8.95 Å². The Balaban J connectivity index is 2.31. The third-order valence-corrected chi connectivity index (χ3v) is 3.37. The number of ether oxygens (including phenoxy) is 2. The molecule has 2 rings (SSSR count). The number of cyclic esters (lactones) is 1. The molecular weight excluding hydrogens is 398 g/mol. The smallest absolute Gasteiger partial charge is 0.422 e. The van der Waals surface area contributed by atoms with E-state index >= 15 is 0 Å². The van der Waals surface area contributed by atoms with Crippen molar-refractivity contribution in [1.29, 1.82) is 0 Å². The Morgan fingerprint density at radius 1 is 1.30 bits per heavy atom. The van der Waals surface area contributed by atoms with E-state index in [4.69, 9.17) is 9.47 Å². The highest BCUT2D eigenvalue weighted by Gasteiger charge is 2.47. The van der Waals surface area contributed by atoms with Crippen molar-refractivity contribution in [2.24, 2.45) is 0 Å². The van der Waals surface area contributed by atoms with Gasteiger partial charge in [-0.15, -0.1) is 0 Å². The van der Waals surface area contributed by atoms with Crippen LogP contribution >= 0.6 is 31.9 Å². The summed E-state index contributed by atoms with van der Waals surface area (Å²) < 4.78 is 10.8. The van der Waals surface area contributed by atoms with Gasteiger partial charge in [0.1, 0.15) is 0 Å². The highest BCUT2D eigenvalue weighted by Crippen LogP contribution is 2.29. The van der Waals surface area contributed by atoms with Gasteiger partial charge in [-0.25, -0.2) is 14.5 Å². The van der Waals surface area contributed by atoms with E-state index < -0.39 is 24.1 Å². The molecule has 0 aromatic heterocycles. The topological polar surface area (TPSA) is 72.9 Å². The van der Waals surface area contributed by atoms with Crippen molar-refractivity contribution in [2.45, 2.75) is 13.0 Å². The summed E-state index contributed by atoms with van der Waals surface area (Å²) in [4.78, 5) is 36.2. The van der Waals surface area contributed by atoms with Crippen LogP contribution in [0.15, 0.2) is 27.1 Å². The molecule has 1 saturated heterocycles. The standard InChI is InChI=1S/C12H9Br2NO5/c1-2-19-11(17)9-10(16)15(12(18)20-9)8-4-6(13)3-7(14)5-8/h3-5,9H,2H2,1H3. The fourth-order valence-electron chi connectivity index (χ4n) is 1.68. The first kappa shape index (κ1) is 15.0. The summed E-state index contributed by atoms with van der Waals surface area (Å²) in [6.45, 7) is 1.70. The molecule has 0 radical (unpaired) electrons. The maximum atomic E-state index is 12.1.